The molecule has 0 aromatic heterocycles. The van der Waals surface area contributed by atoms with Crippen molar-refractivity contribution in [3.63, 3.8) is 0 Å². The third-order valence-electron chi connectivity index (χ3n) is 6.12. The monoisotopic (exact) mass is 431 g/mol. The second-order valence-electron chi connectivity index (χ2n) is 8.08. The molecular weight excluding hydrogens is 397 g/mol. The number of rotatable bonds is 6. The van der Waals surface area contributed by atoms with Gasteiger partial charge in [0.1, 0.15) is 5.75 Å². The first-order valence-corrected chi connectivity index (χ1v) is 9.96. The van der Waals surface area contributed by atoms with Crippen molar-refractivity contribution in [1.82, 2.24) is 10.2 Å². The Morgan fingerprint density at radius 2 is 1.86 bits per heavy atom. The van der Waals surface area contributed by atoms with Crippen LogP contribution in [0.15, 0.2) is 24.3 Å². The fourth-order valence-electron chi connectivity index (χ4n) is 4.45. The normalized spacial score (nSPS) is 25.9. The molecule has 1 amide bonds. The highest BCUT2D eigenvalue weighted by molar-refractivity contribution is 5.85. The Balaban J connectivity index is 0.00000196. The van der Waals surface area contributed by atoms with Crippen LogP contribution in [0.4, 0.5) is 0 Å². The second-order valence-corrected chi connectivity index (χ2v) is 8.08. The van der Waals surface area contributed by atoms with Crippen molar-refractivity contribution >= 4 is 30.7 Å². The Morgan fingerprint density at radius 1 is 1.21 bits per heavy atom. The Morgan fingerprint density at radius 3 is 2.43 bits per heavy atom. The molecule has 1 aromatic rings. The number of hydrogen-bond acceptors (Lipinski definition) is 4. The van der Waals surface area contributed by atoms with E-state index in [0.29, 0.717) is 6.54 Å². The fraction of sp³-hybridized carbons (Fsp3) is 0.667. The van der Waals surface area contributed by atoms with E-state index in [1.54, 1.807) is 7.11 Å². The molecular formula is C21H35Cl2N3O2. The van der Waals surface area contributed by atoms with Gasteiger partial charge in [-0.05, 0) is 63.4 Å². The number of likely N-dealkylation sites (tertiary alicyclic amines) is 1. The maximum atomic E-state index is 12.8. The second kappa shape index (κ2) is 11.2. The van der Waals surface area contributed by atoms with Crippen LogP contribution in [0.3, 0.4) is 0 Å². The van der Waals surface area contributed by atoms with Crippen LogP contribution in [0.1, 0.15) is 57.1 Å². The van der Waals surface area contributed by atoms with E-state index in [4.69, 9.17) is 10.5 Å². The van der Waals surface area contributed by atoms with Gasteiger partial charge < -0.3 is 15.8 Å². The molecule has 3 atom stereocenters. The number of halogens is 2. The summed E-state index contributed by atoms with van der Waals surface area (Å²) < 4.78 is 5.28. The fourth-order valence-corrected chi connectivity index (χ4v) is 4.45. The van der Waals surface area contributed by atoms with Crippen LogP contribution >= 0.6 is 24.8 Å². The molecule has 5 nitrogen and oxygen atoms in total. The van der Waals surface area contributed by atoms with Crippen LogP contribution < -0.4 is 15.8 Å². The largest absolute Gasteiger partial charge is 0.497 e. The van der Waals surface area contributed by atoms with Gasteiger partial charge in [-0.25, -0.2) is 0 Å². The minimum Gasteiger partial charge on any atom is -0.497 e. The molecule has 28 heavy (non-hydrogen) atoms. The van der Waals surface area contributed by atoms with Gasteiger partial charge in [0, 0.05) is 12.1 Å². The average Bonchev–Trinajstić information content (AvgIpc) is 3.16. The zero-order chi connectivity index (χ0) is 18.6. The molecule has 0 radical (unpaired) electrons. The molecule has 3 N–H and O–H groups in total. The molecule has 160 valence electrons. The van der Waals surface area contributed by atoms with Crippen molar-refractivity contribution in [3.05, 3.63) is 29.8 Å². The summed E-state index contributed by atoms with van der Waals surface area (Å²) in [5, 5.41) is 3.22. The number of nitrogens with two attached hydrogens (primary N) is 1. The van der Waals surface area contributed by atoms with Gasteiger partial charge in [-0.2, -0.15) is 0 Å². The topological polar surface area (TPSA) is 67.6 Å². The van der Waals surface area contributed by atoms with Crippen molar-refractivity contribution < 1.29 is 9.53 Å². The average molecular weight is 432 g/mol. The highest BCUT2D eigenvalue weighted by atomic mass is 35.5. The van der Waals surface area contributed by atoms with Crippen LogP contribution in [-0.2, 0) is 4.79 Å². The van der Waals surface area contributed by atoms with Crippen LogP contribution in [0.5, 0.6) is 5.75 Å². The van der Waals surface area contributed by atoms with Gasteiger partial charge in [0.2, 0.25) is 5.91 Å². The lowest BCUT2D eigenvalue weighted by atomic mass is 9.74. The van der Waals surface area contributed by atoms with E-state index in [2.05, 4.69) is 22.3 Å². The number of hydrogen-bond donors (Lipinski definition) is 2. The van der Waals surface area contributed by atoms with Crippen molar-refractivity contribution in [2.24, 2.45) is 11.7 Å². The smallest absolute Gasteiger partial charge is 0.225 e. The Labute approximate surface area is 181 Å². The maximum absolute atomic E-state index is 12.8. The van der Waals surface area contributed by atoms with Crippen molar-refractivity contribution in [1.29, 1.82) is 0 Å². The van der Waals surface area contributed by atoms with E-state index in [1.165, 1.54) is 18.4 Å². The lowest BCUT2D eigenvalue weighted by molar-refractivity contribution is -0.128. The molecule has 1 aliphatic heterocycles. The van der Waals surface area contributed by atoms with Crippen LogP contribution in [-0.4, -0.2) is 43.1 Å². The summed E-state index contributed by atoms with van der Waals surface area (Å²) in [5.74, 6) is 0.901. The van der Waals surface area contributed by atoms with E-state index in [9.17, 15) is 4.79 Å². The van der Waals surface area contributed by atoms with Crippen molar-refractivity contribution in [2.75, 3.05) is 26.7 Å². The predicted octanol–water partition coefficient (Wildman–Crippen LogP) is 3.70. The molecule has 2 aliphatic rings. The number of ether oxygens (including phenoxy) is 1. The number of methoxy groups -OCH3 is 1. The first-order valence-electron chi connectivity index (χ1n) is 9.96. The number of carbonyl (C=O) groups is 1. The molecule has 0 spiro atoms. The Hall–Kier alpha value is -1.01. The summed E-state index contributed by atoms with van der Waals surface area (Å²) in [6, 6.07) is 8.43. The predicted molar refractivity (Wildman–Crippen MR) is 119 cm³/mol. The van der Waals surface area contributed by atoms with Crippen LogP contribution in [0.25, 0.3) is 0 Å². The maximum Gasteiger partial charge on any atom is 0.225 e. The Kier molecular flexibility index (Phi) is 10.1. The minimum atomic E-state index is -0.383. The molecule has 1 aromatic carbocycles. The molecule has 0 bridgehead atoms. The van der Waals surface area contributed by atoms with E-state index >= 15 is 0 Å². The zero-order valence-electron chi connectivity index (χ0n) is 17.0. The van der Waals surface area contributed by atoms with E-state index in [1.807, 2.05) is 19.1 Å². The summed E-state index contributed by atoms with van der Waals surface area (Å²) in [5.41, 5.74) is 7.25. The number of carbonyl (C=O) groups excluding carboxylic acids is 1. The SMILES string of the molecule is COc1ccc(C(CNC(=O)C2CCCCC2(C)N)N2CCCC2)cc1.Cl.Cl. The van der Waals surface area contributed by atoms with Crippen LogP contribution in [0, 0.1) is 5.92 Å². The first-order chi connectivity index (χ1) is 12.5. The summed E-state index contributed by atoms with van der Waals surface area (Å²) in [6.45, 7) is 4.84. The van der Waals surface area contributed by atoms with E-state index in [-0.39, 0.29) is 48.2 Å². The van der Waals surface area contributed by atoms with Gasteiger partial charge in [-0.15, -0.1) is 24.8 Å². The molecule has 2 fully saturated rings. The van der Waals surface area contributed by atoms with Crippen molar-refractivity contribution in [3.8, 4) is 5.75 Å². The van der Waals surface area contributed by atoms with Gasteiger partial charge in [0.15, 0.2) is 0 Å². The molecule has 7 heteroatoms. The third kappa shape index (κ3) is 5.99. The quantitative estimate of drug-likeness (QED) is 0.720. The third-order valence-corrected chi connectivity index (χ3v) is 6.12. The molecule has 1 heterocycles. The summed E-state index contributed by atoms with van der Waals surface area (Å²) in [6.07, 6.45) is 6.50. The summed E-state index contributed by atoms with van der Waals surface area (Å²) in [7, 11) is 1.68. The first kappa shape index (κ1) is 25.0. The molecule has 1 aliphatic carbocycles. The van der Waals surface area contributed by atoms with E-state index < -0.39 is 0 Å². The lowest BCUT2D eigenvalue weighted by Crippen LogP contribution is -2.53. The standard InChI is InChI=1S/C21H33N3O2.2ClH/c1-21(22)12-4-3-7-18(21)20(25)23-15-19(24-13-5-6-14-24)16-8-10-17(26-2)11-9-16;;/h8-11,18-19H,3-7,12-15,22H2,1-2H3,(H,23,25);2*1H. The molecule has 3 rings (SSSR count). The molecule has 1 saturated heterocycles. The summed E-state index contributed by atoms with van der Waals surface area (Å²) in [4.78, 5) is 15.3. The highest BCUT2D eigenvalue weighted by Crippen LogP contribution is 2.32. The minimum absolute atomic E-state index is 0. The van der Waals surface area contributed by atoms with Gasteiger partial charge >= 0.3 is 0 Å². The lowest BCUT2D eigenvalue weighted by Gasteiger charge is -2.38. The highest BCUT2D eigenvalue weighted by Gasteiger charge is 2.38. The van der Waals surface area contributed by atoms with Gasteiger partial charge in [0.05, 0.1) is 19.1 Å². The van der Waals surface area contributed by atoms with Crippen LogP contribution in [0.2, 0.25) is 0 Å². The van der Waals surface area contributed by atoms with E-state index in [0.717, 1.165) is 44.5 Å². The molecule has 3 unspecified atom stereocenters. The van der Waals surface area contributed by atoms with Gasteiger partial charge in [-0.1, -0.05) is 25.0 Å². The summed E-state index contributed by atoms with van der Waals surface area (Å²) >= 11 is 0. The van der Waals surface area contributed by atoms with Gasteiger partial charge in [0.25, 0.3) is 0 Å². The zero-order valence-corrected chi connectivity index (χ0v) is 18.6. The Bertz CT molecular complexity index is 604. The number of nitrogens with zero attached hydrogens (tertiary/aromatic N) is 1. The number of nitrogens with one attached hydrogen (secondary N) is 1. The van der Waals surface area contributed by atoms with Gasteiger partial charge in [-0.3, -0.25) is 9.69 Å². The number of amides is 1. The van der Waals surface area contributed by atoms with Crippen molar-refractivity contribution in [2.45, 2.75) is 57.0 Å². The number of benzene rings is 1. The molecule has 1 saturated carbocycles.